The molecule has 1 aliphatic rings. The summed E-state index contributed by atoms with van der Waals surface area (Å²) in [6, 6.07) is 15.5. The summed E-state index contributed by atoms with van der Waals surface area (Å²) in [4.78, 5) is 19.7. The predicted octanol–water partition coefficient (Wildman–Crippen LogP) is 4.08. The third kappa shape index (κ3) is 3.99. The van der Waals surface area contributed by atoms with Gasteiger partial charge in [-0.25, -0.2) is 4.98 Å². The van der Waals surface area contributed by atoms with Crippen LogP contribution in [0.4, 0.5) is 5.69 Å². The molecule has 27 heavy (non-hydrogen) atoms. The van der Waals surface area contributed by atoms with Crippen LogP contribution in [0.1, 0.15) is 18.7 Å². The Labute approximate surface area is 163 Å². The maximum Gasteiger partial charge on any atom is 0.227 e. The summed E-state index contributed by atoms with van der Waals surface area (Å²) in [5.41, 5.74) is 2.95. The van der Waals surface area contributed by atoms with Gasteiger partial charge in [0.2, 0.25) is 5.91 Å². The number of benzene rings is 2. The first-order chi connectivity index (χ1) is 13.1. The van der Waals surface area contributed by atoms with E-state index >= 15 is 0 Å². The Morgan fingerprint density at radius 2 is 1.96 bits per heavy atom. The minimum absolute atomic E-state index is 0.0423. The van der Waals surface area contributed by atoms with Gasteiger partial charge in [-0.1, -0.05) is 29.8 Å². The van der Waals surface area contributed by atoms with Crippen molar-refractivity contribution < 1.29 is 4.79 Å². The smallest absolute Gasteiger partial charge is 0.227 e. The van der Waals surface area contributed by atoms with Crippen molar-refractivity contribution >= 4 is 34.2 Å². The van der Waals surface area contributed by atoms with E-state index in [-0.39, 0.29) is 11.8 Å². The standard InChI is InChI=1S/C21H23ClN4O/c1-25-19-8-3-2-7-18(19)24-20(25)14-26-11-9-15(10-12-26)21(27)23-17-6-4-5-16(22)13-17/h2-8,13,15H,9-12,14H2,1H3,(H,23,27). The zero-order valence-electron chi connectivity index (χ0n) is 15.4. The lowest BCUT2D eigenvalue weighted by Crippen LogP contribution is -2.38. The first kappa shape index (κ1) is 18.0. The summed E-state index contributed by atoms with van der Waals surface area (Å²) < 4.78 is 2.16. The molecule has 6 heteroatoms. The van der Waals surface area contributed by atoms with Crippen molar-refractivity contribution in [3.05, 3.63) is 59.4 Å². The number of imidazole rings is 1. The highest BCUT2D eigenvalue weighted by atomic mass is 35.5. The van der Waals surface area contributed by atoms with Crippen LogP contribution in [0.3, 0.4) is 0 Å². The lowest BCUT2D eigenvalue weighted by molar-refractivity contribution is -0.121. The van der Waals surface area contributed by atoms with Crippen molar-refractivity contribution in [3.8, 4) is 0 Å². The number of piperidine rings is 1. The number of para-hydroxylation sites is 2. The number of nitrogens with one attached hydrogen (secondary N) is 1. The van der Waals surface area contributed by atoms with Crippen LogP contribution >= 0.6 is 11.6 Å². The SMILES string of the molecule is Cn1c(CN2CCC(C(=O)Nc3cccc(Cl)c3)CC2)nc2ccccc21. The third-order valence-electron chi connectivity index (χ3n) is 5.30. The Kier molecular flexibility index (Phi) is 5.14. The van der Waals surface area contributed by atoms with Gasteiger partial charge in [0.25, 0.3) is 0 Å². The van der Waals surface area contributed by atoms with Gasteiger partial charge in [0.15, 0.2) is 0 Å². The Hall–Kier alpha value is -2.37. The summed E-state index contributed by atoms with van der Waals surface area (Å²) >= 11 is 5.99. The van der Waals surface area contributed by atoms with Crippen LogP contribution in [0.15, 0.2) is 48.5 Å². The number of fused-ring (bicyclic) bond motifs is 1. The van der Waals surface area contributed by atoms with Crippen molar-refractivity contribution in [1.29, 1.82) is 0 Å². The lowest BCUT2D eigenvalue weighted by atomic mass is 9.96. The Morgan fingerprint density at radius 3 is 2.70 bits per heavy atom. The number of likely N-dealkylation sites (tertiary alicyclic amines) is 1. The van der Waals surface area contributed by atoms with Crippen molar-refractivity contribution in [2.75, 3.05) is 18.4 Å². The van der Waals surface area contributed by atoms with E-state index in [9.17, 15) is 4.79 Å². The second kappa shape index (κ2) is 7.71. The molecule has 1 fully saturated rings. The van der Waals surface area contributed by atoms with Crippen LogP contribution in [-0.4, -0.2) is 33.4 Å². The van der Waals surface area contributed by atoms with Gasteiger partial charge in [0, 0.05) is 23.7 Å². The van der Waals surface area contributed by atoms with Crippen LogP contribution < -0.4 is 5.32 Å². The van der Waals surface area contributed by atoms with Crippen LogP contribution in [0.25, 0.3) is 11.0 Å². The maximum absolute atomic E-state index is 12.5. The zero-order chi connectivity index (χ0) is 18.8. The number of nitrogens with zero attached hydrogens (tertiary/aromatic N) is 3. The number of carbonyl (C=O) groups is 1. The third-order valence-corrected chi connectivity index (χ3v) is 5.53. The Morgan fingerprint density at radius 1 is 1.19 bits per heavy atom. The van der Waals surface area contributed by atoms with Crippen molar-refractivity contribution in [3.63, 3.8) is 0 Å². The molecule has 0 aliphatic carbocycles. The number of rotatable bonds is 4. The van der Waals surface area contributed by atoms with Crippen molar-refractivity contribution in [2.24, 2.45) is 13.0 Å². The molecule has 1 aromatic heterocycles. The van der Waals surface area contributed by atoms with Gasteiger partial charge >= 0.3 is 0 Å². The molecule has 140 valence electrons. The number of carbonyl (C=O) groups excluding carboxylic acids is 1. The molecule has 0 spiro atoms. The maximum atomic E-state index is 12.5. The molecule has 4 rings (SSSR count). The number of hydrogen-bond acceptors (Lipinski definition) is 3. The van der Waals surface area contributed by atoms with Crippen LogP contribution in [0.2, 0.25) is 5.02 Å². The Bertz CT molecular complexity index is 960. The molecule has 0 unspecified atom stereocenters. The first-order valence-corrected chi connectivity index (χ1v) is 9.67. The summed E-state index contributed by atoms with van der Waals surface area (Å²) in [6.07, 6.45) is 1.71. The molecule has 0 saturated carbocycles. The molecule has 1 saturated heterocycles. The fourth-order valence-corrected chi connectivity index (χ4v) is 3.89. The summed E-state index contributed by atoms with van der Waals surface area (Å²) in [5, 5.41) is 3.62. The molecule has 5 nitrogen and oxygen atoms in total. The Balaban J connectivity index is 1.34. The fraction of sp³-hybridized carbons (Fsp3) is 0.333. The molecule has 2 heterocycles. The molecule has 1 aliphatic heterocycles. The molecular formula is C21H23ClN4O. The number of halogens is 1. The molecule has 0 bridgehead atoms. The van der Waals surface area contributed by atoms with Gasteiger partial charge in [0.1, 0.15) is 5.82 Å². The van der Waals surface area contributed by atoms with E-state index in [1.54, 1.807) is 12.1 Å². The first-order valence-electron chi connectivity index (χ1n) is 9.29. The molecule has 1 N–H and O–H groups in total. The number of aryl methyl sites for hydroxylation is 1. The second-order valence-electron chi connectivity index (χ2n) is 7.13. The van der Waals surface area contributed by atoms with Gasteiger partial charge < -0.3 is 9.88 Å². The summed E-state index contributed by atoms with van der Waals surface area (Å²) in [7, 11) is 2.07. The lowest BCUT2D eigenvalue weighted by Gasteiger charge is -2.31. The largest absolute Gasteiger partial charge is 0.330 e. The summed E-state index contributed by atoms with van der Waals surface area (Å²) in [6.45, 7) is 2.61. The monoisotopic (exact) mass is 382 g/mol. The molecular weight excluding hydrogens is 360 g/mol. The molecule has 0 atom stereocenters. The van der Waals surface area contributed by atoms with Crippen LogP contribution in [0.5, 0.6) is 0 Å². The zero-order valence-corrected chi connectivity index (χ0v) is 16.1. The number of anilines is 1. The normalized spacial score (nSPS) is 15.9. The fourth-order valence-electron chi connectivity index (χ4n) is 3.70. The highest BCUT2D eigenvalue weighted by Gasteiger charge is 2.26. The van der Waals surface area contributed by atoms with Crippen LogP contribution in [0, 0.1) is 5.92 Å². The average Bonchev–Trinajstić information content (AvgIpc) is 2.98. The highest BCUT2D eigenvalue weighted by molar-refractivity contribution is 6.30. The number of aromatic nitrogens is 2. The van der Waals surface area contributed by atoms with Gasteiger partial charge in [-0.05, 0) is 56.3 Å². The van der Waals surface area contributed by atoms with E-state index in [4.69, 9.17) is 16.6 Å². The molecule has 2 aromatic carbocycles. The molecule has 3 aromatic rings. The minimum Gasteiger partial charge on any atom is -0.330 e. The van der Waals surface area contributed by atoms with E-state index in [2.05, 4.69) is 27.9 Å². The average molecular weight is 383 g/mol. The van der Waals surface area contributed by atoms with Gasteiger partial charge in [-0.2, -0.15) is 0 Å². The van der Waals surface area contributed by atoms with E-state index in [0.717, 1.165) is 55.0 Å². The minimum atomic E-state index is 0.0423. The predicted molar refractivity (Wildman–Crippen MR) is 109 cm³/mol. The number of amides is 1. The summed E-state index contributed by atoms with van der Waals surface area (Å²) in [5.74, 6) is 1.19. The number of hydrogen-bond donors (Lipinski definition) is 1. The quantitative estimate of drug-likeness (QED) is 0.739. The molecule has 0 radical (unpaired) electrons. The van der Waals surface area contributed by atoms with E-state index in [1.807, 2.05) is 30.3 Å². The highest BCUT2D eigenvalue weighted by Crippen LogP contribution is 2.23. The van der Waals surface area contributed by atoms with Gasteiger partial charge in [-0.3, -0.25) is 9.69 Å². The van der Waals surface area contributed by atoms with Crippen molar-refractivity contribution in [1.82, 2.24) is 14.5 Å². The van der Waals surface area contributed by atoms with Crippen LogP contribution in [-0.2, 0) is 18.4 Å². The van der Waals surface area contributed by atoms with E-state index < -0.39 is 0 Å². The van der Waals surface area contributed by atoms with Gasteiger partial charge in [-0.15, -0.1) is 0 Å². The van der Waals surface area contributed by atoms with E-state index in [0.29, 0.717) is 5.02 Å². The molecule has 1 amide bonds. The van der Waals surface area contributed by atoms with E-state index in [1.165, 1.54) is 0 Å². The second-order valence-corrected chi connectivity index (χ2v) is 7.56. The topological polar surface area (TPSA) is 50.2 Å². The van der Waals surface area contributed by atoms with Gasteiger partial charge in [0.05, 0.1) is 17.6 Å². The van der Waals surface area contributed by atoms with Crippen molar-refractivity contribution in [2.45, 2.75) is 19.4 Å².